The van der Waals surface area contributed by atoms with Crippen LogP contribution in [0.25, 0.3) is 0 Å². The molecule has 27 heavy (non-hydrogen) atoms. The summed E-state index contributed by atoms with van der Waals surface area (Å²) in [5.74, 6) is 0. The molecule has 0 heterocycles. The van der Waals surface area contributed by atoms with Crippen molar-refractivity contribution in [3.05, 3.63) is 35.9 Å². The van der Waals surface area contributed by atoms with Crippen LogP contribution in [0, 0.1) is 0 Å². The predicted molar refractivity (Wildman–Crippen MR) is 122 cm³/mol. The summed E-state index contributed by atoms with van der Waals surface area (Å²) in [5.41, 5.74) is 1.48. The molecule has 0 N–H and O–H groups in total. The first kappa shape index (κ1) is 24.2. The Balaban J connectivity index is 1.86. The lowest BCUT2D eigenvalue weighted by Crippen LogP contribution is -2.42. The summed E-state index contributed by atoms with van der Waals surface area (Å²) < 4.78 is 1.16. The fourth-order valence-corrected chi connectivity index (χ4v) is 3.92. The van der Waals surface area contributed by atoms with Gasteiger partial charge in [0.15, 0.2) is 0 Å². The topological polar surface area (TPSA) is 0 Å². The molecule has 1 rings (SSSR count). The standard InChI is InChI=1S/C26H48N/c1-4-5-6-7-8-9-10-11-12-13-14-15-16-20-24-27(2,3)25-23-26-21-18-17-19-22-26/h17-19,21-22H,4-16,20,23-25H2,1-3H3/q+1. The third kappa shape index (κ3) is 14.9. The van der Waals surface area contributed by atoms with E-state index in [2.05, 4.69) is 51.4 Å². The van der Waals surface area contributed by atoms with Crippen molar-refractivity contribution in [2.45, 2.75) is 103 Å². The fourth-order valence-electron chi connectivity index (χ4n) is 3.92. The van der Waals surface area contributed by atoms with E-state index in [1.165, 1.54) is 115 Å². The Kier molecular flexibility index (Phi) is 14.5. The van der Waals surface area contributed by atoms with Gasteiger partial charge >= 0.3 is 0 Å². The van der Waals surface area contributed by atoms with Gasteiger partial charge in [0.2, 0.25) is 0 Å². The smallest absolute Gasteiger partial charge is 0.0823 e. The zero-order chi connectivity index (χ0) is 19.6. The Morgan fingerprint density at radius 3 is 1.48 bits per heavy atom. The second kappa shape index (κ2) is 16.2. The van der Waals surface area contributed by atoms with Crippen molar-refractivity contribution in [3.63, 3.8) is 0 Å². The third-order valence-corrected chi connectivity index (χ3v) is 5.97. The minimum Gasteiger partial charge on any atom is -0.328 e. The van der Waals surface area contributed by atoms with Crippen LogP contribution in [-0.2, 0) is 6.42 Å². The van der Waals surface area contributed by atoms with Crippen LogP contribution in [0.1, 0.15) is 102 Å². The molecule has 1 aromatic rings. The van der Waals surface area contributed by atoms with E-state index >= 15 is 0 Å². The number of unbranched alkanes of at least 4 members (excludes halogenated alkanes) is 13. The van der Waals surface area contributed by atoms with E-state index < -0.39 is 0 Å². The van der Waals surface area contributed by atoms with Crippen LogP contribution in [0.15, 0.2) is 30.3 Å². The van der Waals surface area contributed by atoms with Gasteiger partial charge in [-0.3, -0.25) is 0 Å². The normalized spacial score (nSPS) is 11.8. The number of benzene rings is 1. The molecule has 1 aromatic carbocycles. The Bertz CT molecular complexity index is 423. The summed E-state index contributed by atoms with van der Waals surface area (Å²) in [5, 5.41) is 0. The molecule has 156 valence electrons. The molecule has 1 heteroatoms. The summed E-state index contributed by atoms with van der Waals surface area (Å²) in [4.78, 5) is 0. The SMILES string of the molecule is CCCCCCCCCCCCCCCC[N+](C)(C)CCc1ccccc1. The molecule has 0 atom stereocenters. The summed E-state index contributed by atoms with van der Waals surface area (Å²) in [6.07, 6.45) is 21.4. The summed E-state index contributed by atoms with van der Waals surface area (Å²) in [6.45, 7) is 4.87. The van der Waals surface area contributed by atoms with Gasteiger partial charge in [-0.15, -0.1) is 0 Å². The van der Waals surface area contributed by atoms with Gasteiger partial charge in [-0.2, -0.15) is 0 Å². The van der Waals surface area contributed by atoms with Gasteiger partial charge in [0.05, 0.1) is 27.2 Å². The van der Waals surface area contributed by atoms with E-state index in [1.807, 2.05) is 0 Å². The number of hydrogen-bond acceptors (Lipinski definition) is 0. The summed E-state index contributed by atoms with van der Waals surface area (Å²) in [6, 6.07) is 10.9. The van der Waals surface area contributed by atoms with E-state index in [0.717, 1.165) is 4.48 Å². The van der Waals surface area contributed by atoms with E-state index in [0.29, 0.717) is 0 Å². The van der Waals surface area contributed by atoms with Crippen molar-refractivity contribution >= 4 is 0 Å². The van der Waals surface area contributed by atoms with E-state index in [4.69, 9.17) is 0 Å². The largest absolute Gasteiger partial charge is 0.328 e. The van der Waals surface area contributed by atoms with Crippen molar-refractivity contribution in [1.82, 2.24) is 0 Å². The number of rotatable bonds is 18. The zero-order valence-electron chi connectivity index (χ0n) is 18.9. The van der Waals surface area contributed by atoms with Crippen molar-refractivity contribution in [1.29, 1.82) is 0 Å². The van der Waals surface area contributed by atoms with E-state index in [9.17, 15) is 0 Å². The second-order valence-corrected chi connectivity index (χ2v) is 9.21. The van der Waals surface area contributed by atoms with Crippen LogP contribution in [0.5, 0.6) is 0 Å². The second-order valence-electron chi connectivity index (χ2n) is 9.21. The average molecular weight is 375 g/mol. The van der Waals surface area contributed by atoms with Crippen LogP contribution in [0.2, 0.25) is 0 Å². The Labute approximate surface area is 171 Å². The molecule has 0 saturated heterocycles. The van der Waals surface area contributed by atoms with E-state index in [-0.39, 0.29) is 0 Å². The van der Waals surface area contributed by atoms with Crippen LogP contribution in [0.4, 0.5) is 0 Å². The highest BCUT2D eigenvalue weighted by Gasteiger charge is 2.14. The first-order valence-corrected chi connectivity index (χ1v) is 12.0. The van der Waals surface area contributed by atoms with Gasteiger partial charge < -0.3 is 4.48 Å². The molecule has 0 radical (unpaired) electrons. The lowest BCUT2D eigenvalue weighted by molar-refractivity contribution is -0.890. The zero-order valence-corrected chi connectivity index (χ0v) is 18.9. The molecule has 1 nitrogen and oxygen atoms in total. The van der Waals surface area contributed by atoms with Crippen molar-refractivity contribution < 1.29 is 4.48 Å². The molecule has 0 spiro atoms. The van der Waals surface area contributed by atoms with Gasteiger partial charge in [0.25, 0.3) is 0 Å². The minimum absolute atomic E-state index is 1.16. The van der Waals surface area contributed by atoms with Gasteiger partial charge in [-0.25, -0.2) is 0 Å². The highest BCUT2D eigenvalue weighted by molar-refractivity contribution is 5.14. The van der Waals surface area contributed by atoms with Gasteiger partial charge in [-0.1, -0.05) is 114 Å². The minimum atomic E-state index is 1.16. The predicted octanol–water partition coefficient (Wildman–Crippen LogP) is 7.79. The summed E-state index contributed by atoms with van der Waals surface area (Å²) in [7, 11) is 4.79. The molecular formula is C26H48N+. The monoisotopic (exact) mass is 374 g/mol. The molecule has 0 amide bonds. The molecular weight excluding hydrogens is 326 g/mol. The van der Waals surface area contributed by atoms with Gasteiger partial charge in [0, 0.05) is 6.42 Å². The Morgan fingerprint density at radius 1 is 0.556 bits per heavy atom. The number of hydrogen-bond donors (Lipinski definition) is 0. The maximum Gasteiger partial charge on any atom is 0.0823 e. The lowest BCUT2D eigenvalue weighted by atomic mass is 10.0. The average Bonchev–Trinajstić information content (AvgIpc) is 2.67. The Hall–Kier alpha value is -0.820. The van der Waals surface area contributed by atoms with Crippen LogP contribution < -0.4 is 0 Å². The van der Waals surface area contributed by atoms with Crippen LogP contribution in [-0.4, -0.2) is 31.7 Å². The number of likely N-dealkylation sites (N-methyl/N-ethyl adjacent to an activating group) is 1. The third-order valence-electron chi connectivity index (χ3n) is 5.97. The van der Waals surface area contributed by atoms with Crippen molar-refractivity contribution in [2.75, 3.05) is 27.2 Å². The highest BCUT2D eigenvalue weighted by Crippen LogP contribution is 2.14. The molecule has 0 unspecified atom stereocenters. The first-order chi connectivity index (χ1) is 13.1. The van der Waals surface area contributed by atoms with Gasteiger partial charge in [0.1, 0.15) is 0 Å². The van der Waals surface area contributed by atoms with Crippen LogP contribution in [0.3, 0.4) is 0 Å². The first-order valence-electron chi connectivity index (χ1n) is 12.0. The summed E-state index contributed by atoms with van der Waals surface area (Å²) >= 11 is 0. The van der Waals surface area contributed by atoms with E-state index in [1.54, 1.807) is 0 Å². The number of nitrogens with zero attached hydrogens (tertiary/aromatic N) is 1. The maximum atomic E-state index is 2.39. The molecule has 0 saturated carbocycles. The van der Waals surface area contributed by atoms with Crippen molar-refractivity contribution in [2.24, 2.45) is 0 Å². The molecule has 0 fully saturated rings. The van der Waals surface area contributed by atoms with Crippen LogP contribution >= 0.6 is 0 Å². The highest BCUT2D eigenvalue weighted by atomic mass is 15.3. The molecule has 0 aliphatic heterocycles. The quantitative estimate of drug-likeness (QED) is 0.182. The lowest BCUT2D eigenvalue weighted by Gasteiger charge is -2.30. The molecule has 0 bridgehead atoms. The maximum absolute atomic E-state index is 2.39. The molecule has 0 aliphatic carbocycles. The fraction of sp³-hybridized carbons (Fsp3) is 0.769. The molecule has 0 aromatic heterocycles. The van der Waals surface area contributed by atoms with Crippen molar-refractivity contribution in [3.8, 4) is 0 Å². The van der Waals surface area contributed by atoms with Gasteiger partial charge in [-0.05, 0) is 18.4 Å². The molecule has 0 aliphatic rings. The number of quaternary nitrogens is 1. The Morgan fingerprint density at radius 2 is 1.00 bits per heavy atom.